The van der Waals surface area contributed by atoms with E-state index in [2.05, 4.69) is 9.97 Å². The Kier molecular flexibility index (Phi) is 8.00. The molecule has 0 saturated carbocycles. The maximum Gasteiger partial charge on any atom is 0.162 e. The molecule has 0 amide bonds. The molecule has 0 aliphatic rings. The number of halogens is 1. The van der Waals surface area contributed by atoms with Gasteiger partial charge in [0.25, 0.3) is 0 Å². The Morgan fingerprint density at radius 2 is 1.08 bits per heavy atom. The highest BCUT2D eigenvalue weighted by atomic mass is 35.5. The van der Waals surface area contributed by atoms with E-state index in [4.69, 9.17) is 41.0 Å². The van der Waals surface area contributed by atoms with Gasteiger partial charge in [-0.2, -0.15) is 0 Å². The molecule has 3 aromatic carbocycles. The minimum Gasteiger partial charge on any atom is -0.493 e. The molecule has 0 fully saturated rings. The second-order valence-electron chi connectivity index (χ2n) is 7.72. The van der Waals surface area contributed by atoms with Crippen LogP contribution in [0.5, 0.6) is 34.5 Å². The largest absolute Gasteiger partial charge is 0.493 e. The Morgan fingerprint density at radius 1 is 0.595 bits per heavy atom. The number of rotatable bonds is 6. The molecule has 0 unspecified atom stereocenters. The number of ether oxygens (including phenoxy) is 5. The number of aromatic nitrogens is 2. The summed E-state index contributed by atoms with van der Waals surface area (Å²) in [6.07, 6.45) is 3.36. The van der Waals surface area contributed by atoms with Crippen LogP contribution in [0.25, 0.3) is 21.8 Å². The van der Waals surface area contributed by atoms with Crippen LogP contribution in [0.1, 0.15) is 0 Å². The van der Waals surface area contributed by atoms with Crippen LogP contribution < -0.4 is 29.4 Å². The van der Waals surface area contributed by atoms with Crippen molar-refractivity contribution in [2.75, 3.05) is 34.2 Å². The van der Waals surface area contributed by atoms with Crippen LogP contribution in [0.2, 0.25) is 5.02 Å². The Balaban J connectivity index is 0.000000186. The lowest BCUT2D eigenvalue weighted by Gasteiger charge is -2.12. The Bertz CT molecular complexity index is 1530. The highest BCUT2D eigenvalue weighted by Gasteiger charge is 2.11. The van der Waals surface area contributed by atoms with Gasteiger partial charge in [-0.25, -0.2) is 0 Å². The van der Waals surface area contributed by atoms with E-state index in [0.29, 0.717) is 45.2 Å². The zero-order chi connectivity index (χ0) is 26.4. The third kappa shape index (κ3) is 5.70. The van der Waals surface area contributed by atoms with E-state index in [9.17, 15) is 0 Å². The first-order valence-corrected chi connectivity index (χ1v) is 11.6. The van der Waals surface area contributed by atoms with Gasteiger partial charge < -0.3 is 29.4 Å². The zero-order valence-electron chi connectivity index (χ0n) is 20.8. The summed E-state index contributed by atoms with van der Waals surface area (Å²) in [6.45, 7) is 0. The molecule has 0 radical (unpaired) electrons. The van der Waals surface area contributed by atoms with Crippen molar-refractivity contribution in [3.05, 3.63) is 78.1 Å². The average molecular weight is 520 g/mol. The zero-order valence-corrected chi connectivity index (χ0v) is 21.6. The van der Waals surface area contributed by atoms with E-state index in [0.717, 1.165) is 21.8 Å². The fourth-order valence-electron chi connectivity index (χ4n) is 3.64. The number of anilines is 1. The van der Waals surface area contributed by atoms with Crippen LogP contribution in [-0.4, -0.2) is 38.4 Å². The van der Waals surface area contributed by atoms with Crippen molar-refractivity contribution in [3.8, 4) is 34.5 Å². The fourth-order valence-corrected chi connectivity index (χ4v) is 3.85. The molecule has 0 spiro atoms. The predicted molar refractivity (Wildman–Crippen MR) is 146 cm³/mol. The van der Waals surface area contributed by atoms with Gasteiger partial charge >= 0.3 is 0 Å². The van der Waals surface area contributed by atoms with Crippen molar-refractivity contribution in [1.82, 2.24) is 9.97 Å². The summed E-state index contributed by atoms with van der Waals surface area (Å²) in [6, 6.07) is 18.1. The summed E-state index contributed by atoms with van der Waals surface area (Å²) in [5, 5.41) is 2.36. The normalized spacial score (nSPS) is 10.4. The summed E-state index contributed by atoms with van der Waals surface area (Å²) in [7, 11) is 6.38. The molecular weight excluding hydrogens is 494 g/mol. The molecule has 5 aromatic rings. The molecule has 5 rings (SSSR count). The molecule has 0 saturated heterocycles. The van der Waals surface area contributed by atoms with E-state index < -0.39 is 0 Å². The molecule has 0 bridgehead atoms. The average Bonchev–Trinajstić information content (AvgIpc) is 2.93. The molecule has 2 heterocycles. The lowest BCUT2D eigenvalue weighted by molar-refractivity contribution is 0.355. The van der Waals surface area contributed by atoms with Gasteiger partial charge in [0.2, 0.25) is 0 Å². The van der Waals surface area contributed by atoms with Crippen LogP contribution in [0.15, 0.2) is 73.1 Å². The molecule has 190 valence electrons. The summed E-state index contributed by atoms with van der Waals surface area (Å²) in [4.78, 5) is 8.55. The van der Waals surface area contributed by atoms with Gasteiger partial charge in [-0.15, -0.1) is 0 Å². The summed E-state index contributed by atoms with van der Waals surface area (Å²) in [5.74, 6) is 3.96. The second-order valence-corrected chi connectivity index (χ2v) is 8.13. The molecule has 0 aliphatic carbocycles. The number of fused-ring (bicyclic) bond motifs is 2. The highest BCUT2D eigenvalue weighted by Crippen LogP contribution is 2.37. The first-order chi connectivity index (χ1) is 18.0. The topological polar surface area (TPSA) is 98.0 Å². The van der Waals surface area contributed by atoms with Gasteiger partial charge in [0.15, 0.2) is 23.0 Å². The number of nitrogen functional groups attached to an aromatic ring is 1. The van der Waals surface area contributed by atoms with Crippen LogP contribution in [-0.2, 0) is 0 Å². The van der Waals surface area contributed by atoms with Gasteiger partial charge in [0.1, 0.15) is 11.5 Å². The van der Waals surface area contributed by atoms with Gasteiger partial charge in [0, 0.05) is 41.0 Å². The molecule has 0 aliphatic heterocycles. The minimum atomic E-state index is 0.630. The van der Waals surface area contributed by atoms with Gasteiger partial charge in [-0.1, -0.05) is 11.6 Å². The summed E-state index contributed by atoms with van der Waals surface area (Å²) in [5.41, 5.74) is 7.94. The summed E-state index contributed by atoms with van der Waals surface area (Å²) >= 11 is 6.05. The number of nitrogens with zero attached hydrogens (tertiary/aromatic N) is 2. The maximum atomic E-state index is 6.05. The predicted octanol–water partition coefficient (Wildman–Crippen LogP) is 6.53. The Hall–Kier alpha value is -4.43. The molecule has 9 heteroatoms. The molecule has 0 atom stereocenters. The quantitative estimate of drug-likeness (QED) is 0.253. The smallest absolute Gasteiger partial charge is 0.162 e. The second kappa shape index (κ2) is 11.5. The third-order valence-corrected chi connectivity index (χ3v) is 5.84. The molecular formula is C28H26ClN3O5. The molecule has 2 aromatic heterocycles. The van der Waals surface area contributed by atoms with Crippen molar-refractivity contribution in [2.45, 2.75) is 0 Å². The summed E-state index contributed by atoms with van der Waals surface area (Å²) < 4.78 is 26.9. The number of methoxy groups -OCH3 is 4. The Morgan fingerprint density at radius 3 is 1.65 bits per heavy atom. The lowest BCUT2D eigenvalue weighted by atomic mass is 10.2. The van der Waals surface area contributed by atoms with Crippen molar-refractivity contribution >= 4 is 39.1 Å². The van der Waals surface area contributed by atoms with Crippen molar-refractivity contribution < 1.29 is 23.7 Å². The van der Waals surface area contributed by atoms with E-state index in [1.54, 1.807) is 65.1 Å². The molecule has 2 N–H and O–H groups in total. The van der Waals surface area contributed by atoms with Crippen molar-refractivity contribution in [1.29, 1.82) is 0 Å². The number of pyridine rings is 2. The Labute approximate surface area is 219 Å². The first-order valence-electron chi connectivity index (χ1n) is 11.2. The maximum absolute atomic E-state index is 6.05. The number of nitrogens with two attached hydrogens (primary N) is 1. The lowest BCUT2D eigenvalue weighted by Crippen LogP contribution is -1.93. The number of hydrogen-bond donors (Lipinski definition) is 1. The standard InChI is InChI=1S/C17H16N2O3.C11H10ClNO2/c1-20-16-9-13-14(10-17(16)21-2)19-8-7-15(13)22-12-5-3-11(18)4-6-12;1-14-10-5-7-8(12)3-4-13-9(7)6-11(10)15-2/h3-10H,18H2,1-2H3;3-6H,1-2H3. The van der Waals surface area contributed by atoms with Gasteiger partial charge in [0.05, 0.1) is 44.5 Å². The van der Waals surface area contributed by atoms with Crippen LogP contribution in [0.3, 0.4) is 0 Å². The SMILES string of the molecule is COc1cc2nccc(Cl)c2cc1OC.COc1cc2nccc(Oc3ccc(N)cc3)c2cc1OC. The minimum absolute atomic E-state index is 0.630. The molecule has 8 nitrogen and oxygen atoms in total. The van der Waals surface area contributed by atoms with Crippen LogP contribution >= 0.6 is 11.6 Å². The van der Waals surface area contributed by atoms with Crippen molar-refractivity contribution in [2.24, 2.45) is 0 Å². The van der Waals surface area contributed by atoms with Crippen LogP contribution in [0.4, 0.5) is 5.69 Å². The number of hydrogen-bond acceptors (Lipinski definition) is 8. The number of benzene rings is 3. The highest BCUT2D eigenvalue weighted by molar-refractivity contribution is 6.35. The van der Waals surface area contributed by atoms with Crippen molar-refractivity contribution in [3.63, 3.8) is 0 Å². The van der Waals surface area contributed by atoms with Gasteiger partial charge in [-0.05, 0) is 48.5 Å². The first kappa shape index (κ1) is 25.7. The monoisotopic (exact) mass is 519 g/mol. The van der Waals surface area contributed by atoms with E-state index >= 15 is 0 Å². The van der Waals surface area contributed by atoms with Gasteiger partial charge in [-0.3, -0.25) is 9.97 Å². The van der Waals surface area contributed by atoms with Crippen LogP contribution in [0, 0.1) is 0 Å². The fraction of sp³-hybridized carbons (Fsp3) is 0.143. The van der Waals surface area contributed by atoms with E-state index in [1.165, 1.54) is 0 Å². The van der Waals surface area contributed by atoms with E-state index in [-0.39, 0.29) is 0 Å². The third-order valence-electron chi connectivity index (χ3n) is 5.51. The molecule has 37 heavy (non-hydrogen) atoms. The van der Waals surface area contributed by atoms with E-state index in [1.807, 2.05) is 36.4 Å².